The van der Waals surface area contributed by atoms with Crippen LogP contribution in [0.15, 0.2) is 0 Å². The third kappa shape index (κ3) is 62.2. The van der Waals surface area contributed by atoms with Crippen LogP contribution in [0.4, 0.5) is 0 Å². The summed E-state index contributed by atoms with van der Waals surface area (Å²) in [5.41, 5.74) is 0. The molecule has 3 N–H and O–H groups in total. The van der Waals surface area contributed by atoms with Gasteiger partial charge in [-0.1, -0.05) is 299 Å². The lowest BCUT2D eigenvalue weighted by Gasteiger charge is -2.21. The van der Waals surface area contributed by atoms with Crippen LogP contribution >= 0.6 is 15.6 Å². The van der Waals surface area contributed by atoms with Crippen molar-refractivity contribution in [3.05, 3.63) is 0 Å². The van der Waals surface area contributed by atoms with Crippen molar-refractivity contribution >= 4 is 39.5 Å². The van der Waals surface area contributed by atoms with Gasteiger partial charge >= 0.3 is 39.5 Å². The highest BCUT2D eigenvalue weighted by molar-refractivity contribution is 7.47. The summed E-state index contributed by atoms with van der Waals surface area (Å²) < 4.78 is 68.3. The number of hydrogen-bond donors (Lipinski definition) is 3. The maximum Gasteiger partial charge on any atom is 0.472 e. The number of ether oxygens (including phenoxy) is 4. The van der Waals surface area contributed by atoms with Gasteiger partial charge in [0, 0.05) is 25.7 Å². The van der Waals surface area contributed by atoms with Gasteiger partial charge in [-0.25, -0.2) is 9.13 Å². The van der Waals surface area contributed by atoms with E-state index in [9.17, 15) is 43.2 Å². The summed E-state index contributed by atoms with van der Waals surface area (Å²) in [6, 6.07) is 0. The Morgan fingerprint density at radius 1 is 0.311 bits per heavy atom. The van der Waals surface area contributed by atoms with Crippen LogP contribution in [0.2, 0.25) is 0 Å². The number of carbonyl (C=O) groups is 4. The number of carbonyl (C=O) groups excluding carboxylic acids is 4. The predicted octanol–water partition coefficient (Wildman–Crippen LogP) is 20.1. The molecule has 0 amide bonds. The second-order valence-electron chi connectivity index (χ2n) is 27.1. The van der Waals surface area contributed by atoms with Gasteiger partial charge in [0.25, 0.3) is 0 Å². The van der Waals surface area contributed by atoms with Gasteiger partial charge in [0.05, 0.1) is 26.4 Å². The lowest BCUT2D eigenvalue weighted by atomic mass is 9.99. The molecule has 0 saturated heterocycles. The molecule has 0 aliphatic rings. The van der Waals surface area contributed by atoms with E-state index in [2.05, 4.69) is 55.4 Å². The molecule has 7 atom stereocenters. The van der Waals surface area contributed by atoms with Gasteiger partial charge in [-0.05, 0) is 49.4 Å². The summed E-state index contributed by atoms with van der Waals surface area (Å²) >= 11 is 0. The van der Waals surface area contributed by atoms with Crippen molar-refractivity contribution in [2.75, 3.05) is 39.6 Å². The first-order valence-electron chi connectivity index (χ1n) is 36.8. The number of rotatable bonds is 68. The normalized spacial score (nSPS) is 14.9. The zero-order chi connectivity index (χ0) is 66.8. The highest BCUT2D eigenvalue weighted by Crippen LogP contribution is 2.45. The van der Waals surface area contributed by atoms with Crippen LogP contribution in [0.25, 0.3) is 0 Å². The largest absolute Gasteiger partial charge is 0.472 e. The highest BCUT2D eigenvalue weighted by atomic mass is 31.2. The molecule has 0 heterocycles. The van der Waals surface area contributed by atoms with Gasteiger partial charge in [0.2, 0.25) is 0 Å². The smallest absolute Gasteiger partial charge is 0.462 e. The minimum Gasteiger partial charge on any atom is -0.462 e. The van der Waals surface area contributed by atoms with Gasteiger partial charge in [0.15, 0.2) is 12.2 Å². The van der Waals surface area contributed by atoms with Crippen LogP contribution in [0.1, 0.15) is 351 Å². The first kappa shape index (κ1) is 88.1. The van der Waals surface area contributed by atoms with Crippen LogP contribution in [0.5, 0.6) is 0 Å². The van der Waals surface area contributed by atoms with Crippen molar-refractivity contribution < 1.29 is 80.2 Å². The Morgan fingerprint density at radius 2 is 0.533 bits per heavy atom. The summed E-state index contributed by atoms with van der Waals surface area (Å²) in [6.45, 7) is 14.1. The number of aliphatic hydroxyl groups is 1. The van der Waals surface area contributed by atoms with Gasteiger partial charge in [0.1, 0.15) is 19.3 Å². The number of unbranched alkanes of at least 4 members (excludes halogenated alkanes) is 32. The average molecular weight is 1330 g/mol. The van der Waals surface area contributed by atoms with Crippen molar-refractivity contribution in [1.29, 1.82) is 0 Å². The number of hydrogen-bond acceptors (Lipinski definition) is 15. The SMILES string of the molecule is CCC(C)CCCCCCCCCCCCC(=O)OC[C@H](COP(=O)(O)OC[C@@H](O)COP(=O)(O)OC[C@@H](COC(=O)CCCCCCCCC(C)CC)OC(=O)CCCCCCCCCCCCCCCCC(C)C)OC(=O)CCCCCCCCC(C)C. The molecule has 90 heavy (non-hydrogen) atoms. The summed E-state index contributed by atoms with van der Waals surface area (Å²) in [7, 11) is -9.90. The lowest BCUT2D eigenvalue weighted by Crippen LogP contribution is -2.30. The number of aliphatic hydroxyl groups excluding tert-OH is 1. The van der Waals surface area contributed by atoms with Crippen molar-refractivity contribution in [3.63, 3.8) is 0 Å². The maximum atomic E-state index is 13.0. The van der Waals surface area contributed by atoms with Crippen LogP contribution in [-0.4, -0.2) is 96.7 Å². The van der Waals surface area contributed by atoms with Crippen molar-refractivity contribution in [3.8, 4) is 0 Å². The molecule has 0 aliphatic carbocycles. The Balaban J connectivity index is 5.21. The van der Waals surface area contributed by atoms with Crippen LogP contribution < -0.4 is 0 Å². The second-order valence-corrected chi connectivity index (χ2v) is 30.0. The Labute approximate surface area is 549 Å². The van der Waals surface area contributed by atoms with Crippen LogP contribution in [0.3, 0.4) is 0 Å². The molecule has 17 nitrogen and oxygen atoms in total. The third-order valence-electron chi connectivity index (χ3n) is 17.0. The predicted molar refractivity (Wildman–Crippen MR) is 363 cm³/mol. The molecule has 0 fully saturated rings. The standard InChI is InChI=1S/C71H138O17P2/c1-9-63(7)49-41-33-24-20-17-18-21-25-35-43-51-68(73)81-57-67(88-71(76)54-46-38-29-27-32-40-48-62(5)6)60-86-90(79,80)84-56-65(72)55-83-89(77,78)85-59-66(58-82-69(74)52-44-36-30-28-34-42-50-64(8)10-2)87-70(75)53-45-37-26-22-16-14-12-11-13-15-19-23-31-39-47-61(3)4/h61-67,72H,9-60H2,1-8H3,(H,77,78)(H,79,80)/t63?,64?,65-,66+,67+/m0/s1. The first-order chi connectivity index (χ1) is 43.2. The fourth-order valence-electron chi connectivity index (χ4n) is 10.6. The molecule has 4 unspecified atom stereocenters. The Morgan fingerprint density at radius 3 is 0.789 bits per heavy atom. The third-order valence-corrected chi connectivity index (χ3v) is 18.9. The monoisotopic (exact) mass is 1320 g/mol. The van der Waals surface area contributed by atoms with Crippen molar-refractivity contribution in [2.24, 2.45) is 23.7 Å². The molecular formula is C71H138O17P2. The number of phosphoric ester groups is 2. The van der Waals surface area contributed by atoms with E-state index >= 15 is 0 Å². The average Bonchev–Trinajstić information content (AvgIpc) is 3.58. The van der Waals surface area contributed by atoms with Crippen LogP contribution in [-0.2, 0) is 65.4 Å². The zero-order valence-corrected chi connectivity index (χ0v) is 60.6. The molecule has 0 aromatic heterocycles. The van der Waals surface area contributed by atoms with E-state index in [1.54, 1.807) is 0 Å². The van der Waals surface area contributed by atoms with E-state index in [-0.39, 0.29) is 25.7 Å². The molecule has 0 aromatic carbocycles. The maximum absolute atomic E-state index is 13.0. The molecule has 534 valence electrons. The minimum absolute atomic E-state index is 0.101. The molecule has 0 aliphatic heterocycles. The van der Waals surface area contributed by atoms with Gasteiger partial charge < -0.3 is 33.8 Å². The molecule has 0 bridgehead atoms. The molecule has 19 heteroatoms. The lowest BCUT2D eigenvalue weighted by molar-refractivity contribution is -0.161. The Hall–Kier alpha value is -1.94. The summed E-state index contributed by atoms with van der Waals surface area (Å²) in [4.78, 5) is 72.5. The molecule has 0 rings (SSSR count). The van der Waals surface area contributed by atoms with E-state index < -0.39 is 97.5 Å². The van der Waals surface area contributed by atoms with Gasteiger partial charge in [-0.3, -0.25) is 37.3 Å². The number of esters is 4. The van der Waals surface area contributed by atoms with Gasteiger partial charge in [-0.15, -0.1) is 0 Å². The summed E-state index contributed by atoms with van der Waals surface area (Å²) in [6.07, 6.45) is 43.2. The van der Waals surface area contributed by atoms with E-state index in [4.69, 9.17) is 37.0 Å². The highest BCUT2D eigenvalue weighted by Gasteiger charge is 2.30. The topological polar surface area (TPSA) is 237 Å². The van der Waals surface area contributed by atoms with Crippen molar-refractivity contribution in [1.82, 2.24) is 0 Å². The quantitative estimate of drug-likeness (QED) is 0.0222. The molecule has 0 saturated carbocycles. The van der Waals surface area contributed by atoms with Gasteiger partial charge in [-0.2, -0.15) is 0 Å². The molecular weight excluding hydrogens is 1190 g/mol. The van der Waals surface area contributed by atoms with Crippen molar-refractivity contribution in [2.45, 2.75) is 369 Å². The zero-order valence-electron chi connectivity index (χ0n) is 58.8. The van der Waals surface area contributed by atoms with E-state index in [1.165, 1.54) is 148 Å². The van der Waals surface area contributed by atoms with E-state index in [0.717, 1.165) is 114 Å². The van der Waals surface area contributed by atoms with E-state index in [1.807, 2.05) is 0 Å². The number of phosphoric acid groups is 2. The summed E-state index contributed by atoms with van der Waals surface area (Å²) in [5, 5.41) is 10.6. The summed E-state index contributed by atoms with van der Waals surface area (Å²) in [5.74, 6) is 0.872. The van der Waals surface area contributed by atoms with Crippen LogP contribution in [0, 0.1) is 23.7 Å². The fourth-order valence-corrected chi connectivity index (χ4v) is 12.2. The second kappa shape index (κ2) is 60.7. The molecule has 0 spiro atoms. The fraction of sp³-hybridized carbons (Fsp3) is 0.944. The Bertz CT molecular complexity index is 1790. The molecule has 0 radical (unpaired) electrons. The Kier molecular flexibility index (Phi) is 59.4. The first-order valence-corrected chi connectivity index (χ1v) is 39.8. The minimum atomic E-state index is -4.95. The molecule has 0 aromatic rings. The van der Waals surface area contributed by atoms with E-state index in [0.29, 0.717) is 31.6 Å².